The number of nitrogens with zero attached hydrogens (tertiary/aromatic N) is 3. The Labute approximate surface area is 180 Å². The number of piperidine rings is 1. The van der Waals surface area contributed by atoms with Crippen molar-refractivity contribution in [2.45, 2.75) is 26.2 Å². The Morgan fingerprint density at radius 2 is 1.87 bits per heavy atom. The van der Waals surface area contributed by atoms with Crippen molar-refractivity contribution in [1.82, 2.24) is 14.3 Å². The number of Topliss-reactive ketones (excluding diaryl/α,β-unsaturated/α-hetero) is 1. The van der Waals surface area contributed by atoms with E-state index in [9.17, 15) is 19.1 Å². The molecule has 0 unspecified atom stereocenters. The van der Waals surface area contributed by atoms with Gasteiger partial charge in [0.05, 0.1) is 12.0 Å². The molecule has 0 bridgehead atoms. The minimum atomic E-state index is -0.839. The number of likely N-dealkylation sites (tertiary alicyclic amines) is 1. The maximum atomic E-state index is 13.2. The Morgan fingerprint density at radius 3 is 2.55 bits per heavy atom. The molecule has 6 nitrogen and oxygen atoms in total. The van der Waals surface area contributed by atoms with Gasteiger partial charge in [0.2, 0.25) is 0 Å². The lowest BCUT2D eigenvalue weighted by Crippen LogP contribution is -2.47. The van der Waals surface area contributed by atoms with Crippen LogP contribution in [0.15, 0.2) is 53.5 Å². The molecular formula is C24H26FN3O3. The van der Waals surface area contributed by atoms with Gasteiger partial charge in [-0.1, -0.05) is 6.07 Å². The molecule has 0 radical (unpaired) electrons. The van der Waals surface area contributed by atoms with Crippen molar-refractivity contribution in [2.24, 2.45) is 5.41 Å². The van der Waals surface area contributed by atoms with Gasteiger partial charge in [-0.25, -0.2) is 9.37 Å². The minimum Gasteiger partial charge on any atom is -0.395 e. The second kappa shape index (κ2) is 8.69. The van der Waals surface area contributed by atoms with Crippen LogP contribution in [0.25, 0.3) is 5.65 Å². The quantitative estimate of drug-likeness (QED) is 0.617. The molecular weight excluding hydrogens is 397 g/mol. The molecule has 4 rings (SSSR count). The van der Waals surface area contributed by atoms with Crippen LogP contribution in [0.3, 0.4) is 0 Å². The highest BCUT2D eigenvalue weighted by molar-refractivity contribution is 6.00. The van der Waals surface area contributed by atoms with Gasteiger partial charge in [-0.05, 0) is 75.7 Å². The van der Waals surface area contributed by atoms with Gasteiger partial charge in [0.25, 0.3) is 5.56 Å². The number of fused-ring (bicyclic) bond motifs is 1. The fraction of sp³-hybridized carbons (Fsp3) is 0.375. The third-order valence-electron chi connectivity index (χ3n) is 6.42. The van der Waals surface area contributed by atoms with Crippen molar-refractivity contribution in [2.75, 3.05) is 26.2 Å². The fourth-order valence-electron chi connectivity index (χ4n) is 4.36. The van der Waals surface area contributed by atoms with E-state index in [4.69, 9.17) is 0 Å². The zero-order valence-corrected chi connectivity index (χ0v) is 17.6. The van der Waals surface area contributed by atoms with Crippen molar-refractivity contribution >= 4 is 11.4 Å². The van der Waals surface area contributed by atoms with E-state index in [1.807, 2.05) is 25.1 Å². The maximum absolute atomic E-state index is 13.2. The first-order chi connectivity index (χ1) is 14.9. The van der Waals surface area contributed by atoms with Gasteiger partial charge >= 0.3 is 0 Å². The summed E-state index contributed by atoms with van der Waals surface area (Å²) in [5, 5.41) is 10.0. The molecule has 0 saturated carbocycles. The molecule has 162 valence electrons. The van der Waals surface area contributed by atoms with Crippen molar-refractivity contribution in [3.05, 3.63) is 81.7 Å². The summed E-state index contributed by atoms with van der Waals surface area (Å²) in [4.78, 5) is 32.6. The summed E-state index contributed by atoms with van der Waals surface area (Å²) < 4.78 is 14.8. The van der Waals surface area contributed by atoms with Gasteiger partial charge in [-0.2, -0.15) is 0 Å². The van der Waals surface area contributed by atoms with Gasteiger partial charge in [-0.15, -0.1) is 0 Å². The monoisotopic (exact) mass is 423 g/mol. The molecule has 0 aliphatic carbocycles. The van der Waals surface area contributed by atoms with Crippen molar-refractivity contribution in [3.63, 3.8) is 0 Å². The molecule has 0 spiro atoms. The van der Waals surface area contributed by atoms with E-state index in [2.05, 4.69) is 9.88 Å². The molecule has 1 aliphatic rings. The van der Waals surface area contributed by atoms with Crippen LogP contribution in [0.5, 0.6) is 0 Å². The predicted octanol–water partition coefficient (Wildman–Crippen LogP) is 2.64. The zero-order valence-electron chi connectivity index (χ0n) is 17.6. The molecule has 2 aromatic heterocycles. The first-order valence-corrected chi connectivity index (χ1v) is 10.5. The third kappa shape index (κ3) is 4.16. The van der Waals surface area contributed by atoms with Crippen LogP contribution in [0.1, 0.15) is 34.5 Å². The van der Waals surface area contributed by atoms with Crippen LogP contribution in [-0.4, -0.2) is 51.4 Å². The molecule has 7 heteroatoms. The number of halogens is 1. The van der Waals surface area contributed by atoms with Crippen molar-refractivity contribution in [3.8, 4) is 0 Å². The van der Waals surface area contributed by atoms with Gasteiger partial charge in [-0.3, -0.25) is 14.0 Å². The lowest BCUT2D eigenvalue weighted by molar-refractivity contribution is 0.0356. The number of carbonyl (C=O) groups is 1. The smallest absolute Gasteiger partial charge is 0.261 e. The number of aliphatic hydroxyl groups excluding tert-OH is 1. The van der Waals surface area contributed by atoms with Crippen molar-refractivity contribution < 1.29 is 14.3 Å². The predicted molar refractivity (Wildman–Crippen MR) is 116 cm³/mol. The average molecular weight is 423 g/mol. The second-order valence-corrected chi connectivity index (χ2v) is 8.28. The summed E-state index contributed by atoms with van der Waals surface area (Å²) in [5.74, 6) is -0.527. The average Bonchev–Trinajstić information content (AvgIpc) is 2.79. The molecule has 1 fully saturated rings. The van der Waals surface area contributed by atoms with Crippen LogP contribution < -0.4 is 5.56 Å². The van der Waals surface area contributed by atoms with Crippen molar-refractivity contribution in [1.29, 1.82) is 0 Å². The zero-order chi connectivity index (χ0) is 22.0. The molecule has 0 amide bonds. The number of hydrogen-bond donors (Lipinski definition) is 1. The SMILES string of the molecule is Cc1nc2ccccn2c(=O)c1CCN1CCC(CO)(C(=O)c2ccc(F)cc2)CC1. The first kappa shape index (κ1) is 21.3. The Kier molecular flexibility index (Phi) is 5.98. The molecule has 3 aromatic rings. The van der Waals surface area contributed by atoms with Crippen LogP contribution in [0.2, 0.25) is 0 Å². The van der Waals surface area contributed by atoms with Gasteiger partial charge in [0.15, 0.2) is 5.78 Å². The lowest BCUT2D eigenvalue weighted by Gasteiger charge is -2.39. The summed E-state index contributed by atoms with van der Waals surface area (Å²) in [6.45, 7) is 3.61. The number of aromatic nitrogens is 2. The molecule has 0 atom stereocenters. The van der Waals surface area contributed by atoms with Crippen LogP contribution in [-0.2, 0) is 6.42 Å². The van der Waals surface area contributed by atoms with E-state index in [0.717, 1.165) is 5.69 Å². The summed E-state index contributed by atoms with van der Waals surface area (Å²) >= 11 is 0. The van der Waals surface area contributed by atoms with Crippen LogP contribution in [0, 0.1) is 18.2 Å². The van der Waals surface area contributed by atoms with Crippen LogP contribution in [0.4, 0.5) is 4.39 Å². The summed E-state index contributed by atoms with van der Waals surface area (Å²) in [6, 6.07) is 11.0. The highest BCUT2D eigenvalue weighted by Crippen LogP contribution is 2.35. The van der Waals surface area contributed by atoms with E-state index in [-0.39, 0.29) is 17.9 Å². The van der Waals surface area contributed by atoms with Crippen LogP contribution >= 0.6 is 0 Å². The Morgan fingerprint density at radius 1 is 1.16 bits per heavy atom. The number of benzene rings is 1. The summed E-state index contributed by atoms with van der Waals surface area (Å²) in [6.07, 6.45) is 3.35. The number of aliphatic hydroxyl groups is 1. The number of rotatable bonds is 6. The fourth-order valence-corrected chi connectivity index (χ4v) is 4.36. The standard InChI is InChI=1S/C24H26FN3O3/c1-17-20(23(31)28-12-3-2-4-21(28)26-17)9-13-27-14-10-24(16-29,11-15-27)22(30)18-5-7-19(25)8-6-18/h2-8,12,29H,9-11,13-16H2,1H3. The highest BCUT2D eigenvalue weighted by Gasteiger charge is 2.41. The Bertz CT molecular complexity index is 1150. The Hall–Kier alpha value is -2.90. The molecule has 1 N–H and O–H groups in total. The van der Waals surface area contributed by atoms with E-state index in [1.165, 1.54) is 24.3 Å². The van der Waals surface area contributed by atoms with Gasteiger partial charge in [0.1, 0.15) is 11.5 Å². The maximum Gasteiger partial charge on any atom is 0.261 e. The second-order valence-electron chi connectivity index (χ2n) is 8.28. The van der Waals surface area contributed by atoms with Gasteiger partial charge in [0, 0.05) is 29.6 Å². The topological polar surface area (TPSA) is 74.9 Å². The molecule has 1 saturated heterocycles. The van der Waals surface area contributed by atoms with E-state index >= 15 is 0 Å². The summed E-state index contributed by atoms with van der Waals surface area (Å²) in [5.41, 5.74) is 1.62. The molecule has 3 heterocycles. The third-order valence-corrected chi connectivity index (χ3v) is 6.42. The minimum absolute atomic E-state index is 0.0451. The molecule has 31 heavy (non-hydrogen) atoms. The molecule has 1 aliphatic heterocycles. The number of carbonyl (C=O) groups excluding carboxylic acids is 1. The normalized spacial score (nSPS) is 16.5. The lowest BCUT2D eigenvalue weighted by atomic mass is 9.73. The number of pyridine rings is 1. The molecule has 1 aromatic carbocycles. The number of hydrogen-bond acceptors (Lipinski definition) is 5. The van der Waals surface area contributed by atoms with Gasteiger partial charge < -0.3 is 10.0 Å². The summed E-state index contributed by atoms with van der Waals surface area (Å²) in [7, 11) is 0. The highest BCUT2D eigenvalue weighted by atomic mass is 19.1. The largest absolute Gasteiger partial charge is 0.395 e. The Balaban J connectivity index is 1.43. The number of aryl methyl sites for hydroxylation is 1. The number of ketones is 1. The van der Waals surface area contributed by atoms with E-state index < -0.39 is 11.2 Å². The van der Waals surface area contributed by atoms with E-state index in [0.29, 0.717) is 55.7 Å². The first-order valence-electron chi connectivity index (χ1n) is 10.5. The van der Waals surface area contributed by atoms with E-state index in [1.54, 1.807) is 10.6 Å².